The molecule has 0 heterocycles. The SMILES string of the molecule is CC(=O)Oc1ccc(/C=C/C=C/c2ccccc2)cc1OC(C)=O. The third-order valence-electron chi connectivity index (χ3n) is 2.96. The second-order valence-corrected chi connectivity index (χ2v) is 5.02. The van der Waals surface area contributed by atoms with Gasteiger partial charge in [-0.3, -0.25) is 9.59 Å². The minimum absolute atomic E-state index is 0.215. The zero-order chi connectivity index (χ0) is 17.4. The van der Waals surface area contributed by atoms with E-state index in [9.17, 15) is 9.59 Å². The van der Waals surface area contributed by atoms with Crippen molar-refractivity contribution in [1.82, 2.24) is 0 Å². The van der Waals surface area contributed by atoms with E-state index in [4.69, 9.17) is 9.47 Å². The molecule has 0 fully saturated rings. The Bertz CT molecular complexity index is 773. The number of allylic oxidation sites excluding steroid dienone is 2. The van der Waals surface area contributed by atoms with Crippen molar-refractivity contribution < 1.29 is 19.1 Å². The fraction of sp³-hybridized carbons (Fsp3) is 0.100. The van der Waals surface area contributed by atoms with E-state index in [1.807, 2.05) is 54.6 Å². The summed E-state index contributed by atoms with van der Waals surface area (Å²) in [6, 6.07) is 15.0. The van der Waals surface area contributed by atoms with Gasteiger partial charge in [0.05, 0.1) is 0 Å². The van der Waals surface area contributed by atoms with Crippen molar-refractivity contribution in [3.05, 3.63) is 71.8 Å². The van der Waals surface area contributed by atoms with Gasteiger partial charge in [-0.25, -0.2) is 0 Å². The highest BCUT2D eigenvalue weighted by Gasteiger charge is 2.10. The van der Waals surface area contributed by atoms with Gasteiger partial charge < -0.3 is 9.47 Å². The van der Waals surface area contributed by atoms with Gasteiger partial charge in [-0.05, 0) is 23.3 Å². The normalized spacial score (nSPS) is 10.9. The highest BCUT2D eigenvalue weighted by molar-refractivity contribution is 5.74. The van der Waals surface area contributed by atoms with E-state index < -0.39 is 11.9 Å². The Labute approximate surface area is 141 Å². The van der Waals surface area contributed by atoms with Gasteiger partial charge >= 0.3 is 11.9 Å². The average molecular weight is 322 g/mol. The van der Waals surface area contributed by atoms with Crippen molar-refractivity contribution >= 4 is 24.1 Å². The topological polar surface area (TPSA) is 52.6 Å². The summed E-state index contributed by atoms with van der Waals surface area (Å²) in [7, 11) is 0. The van der Waals surface area contributed by atoms with E-state index >= 15 is 0 Å². The van der Waals surface area contributed by atoms with Gasteiger partial charge in [-0.2, -0.15) is 0 Å². The summed E-state index contributed by atoms with van der Waals surface area (Å²) >= 11 is 0. The molecule has 0 atom stereocenters. The van der Waals surface area contributed by atoms with Gasteiger partial charge in [0.25, 0.3) is 0 Å². The molecule has 24 heavy (non-hydrogen) atoms. The molecule has 0 spiro atoms. The zero-order valence-electron chi connectivity index (χ0n) is 13.6. The van der Waals surface area contributed by atoms with E-state index in [1.165, 1.54) is 13.8 Å². The second kappa shape index (κ2) is 8.48. The highest BCUT2D eigenvalue weighted by atomic mass is 16.6. The predicted molar refractivity (Wildman–Crippen MR) is 93.6 cm³/mol. The smallest absolute Gasteiger partial charge is 0.308 e. The second-order valence-electron chi connectivity index (χ2n) is 5.02. The third-order valence-corrected chi connectivity index (χ3v) is 2.96. The molecule has 0 aliphatic rings. The minimum Gasteiger partial charge on any atom is -0.423 e. The van der Waals surface area contributed by atoms with Crippen LogP contribution in [0.1, 0.15) is 25.0 Å². The highest BCUT2D eigenvalue weighted by Crippen LogP contribution is 2.29. The van der Waals surface area contributed by atoms with Crippen LogP contribution in [-0.4, -0.2) is 11.9 Å². The number of carbonyl (C=O) groups is 2. The minimum atomic E-state index is -0.478. The van der Waals surface area contributed by atoms with Crippen LogP contribution in [0.25, 0.3) is 12.2 Å². The van der Waals surface area contributed by atoms with Crippen LogP contribution in [0.15, 0.2) is 60.7 Å². The van der Waals surface area contributed by atoms with Crippen molar-refractivity contribution in [3.8, 4) is 11.5 Å². The molecule has 0 aromatic heterocycles. The monoisotopic (exact) mass is 322 g/mol. The molecule has 0 amide bonds. The van der Waals surface area contributed by atoms with Crippen LogP contribution in [0.4, 0.5) is 0 Å². The molecule has 2 aromatic carbocycles. The van der Waals surface area contributed by atoms with Gasteiger partial charge in [0.2, 0.25) is 0 Å². The number of hydrogen-bond donors (Lipinski definition) is 0. The summed E-state index contributed by atoms with van der Waals surface area (Å²) in [5, 5.41) is 0. The standard InChI is InChI=1S/C20H18O4/c1-15(21)23-19-13-12-18(14-20(19)24-16(2)22)11-7-6-10-17-8-4-3-5-9-17/h3-14H,1-2H3/b10-6+,11-7+. The van der Waals surface area contributed by atoms with Crippen LogP contribution in [0.3, 0.4) is 0 Å². The zero-order valence-corrected chi connectivity index (χ0v) is 13.6. The molecule has 2 rings (SSSR count). The van der Waals surface area contributed by atoms with Crippen molar-refractivity contribution in [2.45, 2.75) is 13.8 Å². The largest absolute Gasteiger partial charge is 0.423 e. The van der Waals surface area contributed by atoms with Crippen molar-refractivity contribution in [1.29, 1.82) is 0 Å². The summed E-state index contributed by atoms with van der Waals surface area (Å²) in [5.74, 6) is -0.521. The van der Waals surface area contributed by atoms with Crippen molar-refractivity contribution in [2.24, 2.45) is 0 Å². The predicted octanol–water partition coefficient (Wildman–Crippen LogP) is 4.26. The molecule has 0 bridgehead atoms. The fourth-order valence-electron chi connectivity index (χ4n) is 2.00. The molecule has 0 saturated heterocycles. The van der Waals surface area contributed by atoms with E-state index in [0.29, 0.717) is 0 Å². The van der Waals surface area contributed by atoms with E-state index in [2.05, 4.69) is 0 Å². The number of benzene rings is 2. The van der Waals surface area contributed by atoms with Crippen LogP contribution >= 0.6 is 0 Å². The molecular formula is C20H18O4. The number of hydrogen-bond acceptors (Lipinski definition) is 4. The summed E-state index contributed by atoms with van der Waals surface area (Å²) < 4.78 is 10.1. The molecule has 0 saturated carbocycles. The Balaban J connectivity index is 2.15. The molecule has 4 heteroatoms. The van der Waals surface area contributed by atoms with Gasteiger partial charge in [-0.15, -0.1) is 0 Å². The van der Waals surface area contributed by atoms with Crippen LogP contribution in [-0.2, 0) is 9.59 Å². The van der Waals surface area contributed by atoms with Crippen LogP contribution in [0, 0.1) is 0 Å². The van der Waals surface area contributed by atoms with E-state index in [-0.39, 0.29) is 11.5 Å². The summed E-state index contributed by atoms with van der Waals surface area (Å²) in [6.07, 6.45) is 7.65. The first kappa shape index (κ1) is 17.2. The maximum absolute atomic E-state index is 11.2. The van der Waals surface area contributed by atoms with Crippen LogP contribution < -0.4 is 9.47 Å². The lowest BCUT2D eigenvalue weighted by atomic mass is 10.1. The molecule has 4 nitrogen and oxygen atoms in total. The summed E-state index contributed by atoms with van der Waals surface area (Å²) in [4.78, 5) is 22.3. The molecule has 122 valence electrons. The van der Waals surface area contributed by atoms with E-state index in [0.717, 1.165) is 11.1 Å². The van der Waals surface area contributed by atoms with Crippen molar-refractivity contribution in [2.75, 3.05) is 0 Å². The Kier molecular flexibility index (Phi) is 6.08. The van der Waals surface area contributed by atoms with Gasteiger partial charge in [0.15, 0.2) is 11.5 Å². The molecule has 0 radical (unpaired) electrons. The molecule has 0 aliphatic heterocycles. The summed E-state index contributed by atoms with van der Waals surface area (Å²) in [6.45, 7) is 2.59. The number of esters is 2. The Morgan fingerprint density at radius 3 is 1.96 bits per heavy atom. The average Bonchev–Trinajstić information content (AvgIpc) is 2.54. The first-order valence-corrected chi connectivity index (χ1v) is 7.45. The first-order valence-electron chi connectivity index (χ1n) is 7.45. The Hall–Kier alpha value is -3.14. The molecule has 0 unspecified atom stereocenters. The number of carbonyl (C=O) groups excluding carboxylic acids is 2. The number of rotatable bonds is 5. The Morgan fingerprint density at radius 1 is 0.750 bits per heavy atom. The van der Waals surface area contributed by atoms with Crippen LogP contribution in [0.2, 0.25) is 0 Å². The molecule has 0 N–H and O–H groups in total. The molecule has 0 aliphatic carbocycles. The van der Waals surface area contributed by atoms with Crippen molar-refractivity contribution in [3.63, 3.8) is 0 Å². The first-order chi connectivity index (χ1) is 11.5. The fourth-order valence-corrected chi connectivity index (χ4v) is 2.00. The van der Waals surface area contributed by atoms with E-state index in [1.54, 1.807) is 18.2 Å². The third kappa shape index (κ3) is 5.57. The quantitative estimate of drug-likeness (QED) is 0.469. The lowest BCUT2D eigenvalue weighted by Crippen LogP contribution is -2.07. The molecular weight excluding hydrogens is 304 g/mol. The molecule has 2 aromatic rings. The summed E-state index contributed by atoms with van der Waals surface area (Å²) in [5.41, 5.74) is 1.92. The van der Waals surface area contributed by atoms with Gasteiger partial charge in [-0.1, -0.05) is 60.7 Å². The van der Waals surface area contributed by atoms with Gasteiger partial charge in [0, 0.05) is 13.8 Å². The lowest BCUT2D eigenvalue weighted by molar-refractivity contribution is -0.134. The maximum Gasteiger partial charge on any atom is 0.308 e. The lowest BCUT2D eigenvalue weighted by Gasteiger charge is -2.09. The van der Waals surface area contributed by atoms with Gasteiger partial charge in [0.1, 0.15) is 0 Å². The van der Waals surface area contributed by atoms with Crippen LogP contribution in [0.5, 0.6) is 11.5 Å². The number of ether oxygens (including phenoxy) is 2. The maximum atomic E-state index is 11.2. The Morgan fingerprint density at radius 2 is 1.33 bits per heavy atom.